The van der Waals surface area contributed by atoms with Gasteiger partial charge in [-0.05, 0) is 43.4 Å². The van der Waals surface area contributed by atoms with Gasteiger partial charge >= 0.3 is 0 Å². The van der Waals surface area contributed by atoms with E-state index in [0.29, 0.717) is 12.1 Å². The summed E-state index contributed by atoms with van der Waals surface area (Å²) in [5.74, 6) is 0. The first-order valence-corrected chi connectivity index (χ1v) is 9.10. The summed E-state index contributed by atoms with van der Waals surface area (Å²) in [7, 11) is -3.70. The predicted molar refractivity (Wildman–Crippen MR) is 95.1 cm³/mol. The Bertz CT molecular complexity index is 707. The van der Waals surface area contributed by atoms with E-state index in [0.717, 1.165) is 19.4 Å². The van der Waals surface area contributed by atoms with Crippen molar-refractivity contribution in [2.75, 3.05) is 13.1 Å². The molecule has 1 fully saturated rings. The lowest BCUT2D eigenvalue weighted by molar-refractivity contribution is -0.385. The van der Waals surface area contributed by atoms with Crippen molar-refractivity contribution in [2.24, 2.45) is 5.41 Å². The Balaban J connectivity index is 0.00000288. The maximum absolute atomic E-state index is 12.5. The topological polar surface area (TPSA) is 101 Å². The van der Waals surface area contributed by atoms with Crippen LogP contribution in [0.1, 0.15) is 32.3 Å². The minimum absolute atomic E-state index is 0. The molecule has 2 N–H and O–H groups in total. The number of non-ortho nitro benzene ring substituents is 1. The molecular formula is C15H24ClN3O4S. The Hall–Kier alpha value is -1.22. The molecule has 0 aliphatic carbocycles. The maximum atomic E-state index is 12.5. The van der Waals surface area contributed by atoms with Crippen LogP contribution in [0.5, 0.6) is 0 Å². The van der Waals surface area contributed by atoms with Crippen molar-refractivity contribution in [3.05, 3.63) is 33.9 Å². The first-order chi connectivity index (χ1) is 10.6. The van der Waals surface area contributed by atoms with Gasteiger partial charge in [-0.2, -0.15) is 0 Å². The van der Waals surface area contributed by atoms with E-state index in [9.17, 15) is 18.5 Å². The second kappa shape index (κ2) is 7.77. The van der Waals surface area contributed by atoms with Crippen LogP contribution < -0.4 is 10.0 Å². The lowest BCUT2D eigenvalue weighted by atomic mass is 9.78. The first-order valence-electron chi connectivity index (χ1n) is 7.61. The highest BCUT2D eigenvalue weighted by Gasteiger charge is 2.33. The summed E-state index contributed by atoms with van der Waals surface area (Å²) >= 11 is 0. The monoisotopic (exact) mass is 377 g/mol. The SMILES string of the molecule is Cc1cc([N+](=O)[O-])ccc1S(=O)(=O)NCC1NCCCC1(C)C.Cl. The fraction of sp³-hybridized carbons (Fsp3) is 0.600. The molecule has 0 aromatic heterocycles. The second-order valence-corrected chi connectivity index (χ2v) is 8.39. The zero-order chi connectivity index (χ0) is 17.3. The zero-order valence-electron chi connectivity index (χ0n) is 14.0. The summed E-state index contributed by atoms with van der Waals surface area (Å²) in [5.41, 5.74) is 0.268. The number of aryl methyl sites for hydroxylation is 1. The van der Waals surface area contributed by atoms with Crippen molar-refractivity contribution in [1.29, 1.82) is 0 Å². The Morgan fingerprint density at radius 3 is 2.62 bits per heavy atom. The number of nitro benzene ring substituents is 1. The molecule has 0 amide bonds. The fourth-order valence-corrected chi connectivity index (χ4v) is 4.21. The highest BCUT2D eigenvalue weighted by Crippen LogP contribution is 2.30. The molecular weight excluding hydrogens is 354 g/mol. The Kier molecular flexibility index (Phi) is 6.75. The van der Waals surface area contributed by atoms with Gasteiger partial charge in [-0.15, -0.1) is 12.4 Å². The van der Waals surface area contributed by atoms with Crippen LogP contribution in [0.25, 0.3) is 0 Å². The first kappa shape index (κ1) is 20.8. The van der Waals surface area contributed by atoms with Crippen molar-refractivity contribution in [1.82, 2.24) is 10.0 Å². The van der Waals surface area contributed by atoms with E-state index in [1.54, 1.807) is 6.92 Å². The minimum Gasteiger partial charge on any atom is -0.312 e. The number of hydrogen-bond acceptors (Lipinski definition) is 5. The van der Waals surface area contributed by atoms with E-state index in [4.69, 9.17) is 0 Å². The van der Waals surface area contributed by atoms with Crippen LogP contribution in [0.15, 0.2) is 23.1 Å². The van der Waals surface area contributed by atoms with Gasteiger partial charge in [0.1, 0.15) is 0 Å². The minimum atomic E-state index is -3.70. The van der Waals surface area contributed by atoms with Gasteiger partial charge in [-0.25, -0.2) is 13.1 Å². The fourth-order valence-electron chi connectivity index (χ4n) is 2.94. The van der Waals surface area contributed by atoms with Crippen molar-refractivity contribution < 1.29 is 13.3 Å². The largest absolute Gasteiger partial charge is 0.312 e. The zero-order valence-corrected chi connectivity index (χ0v) is 15.7. The van der Waals surface area contributed by atoms with Crippen molar-refractivity contribution >= 4 is 28.1 Å². The predicted octanol–water partition coefficient (Wildman–Crippen LogP) is 2.38. The van der Waals surface area contributed by atoms with Gasteiger partial charge < -0.3 is 5.32 Å². The molecule has 0 saturated carbocycles. The quantitative estimate of drug-likeness (QED) is 0.606. The molecule has 7 nitrogen and oxygen atoms in total. The third kappa shape index (κ3) is 4.66. The molecule has 2 rings (SSSR count). The molecule has 1 aromatic carbocycles. The van der Waals surface area contributed by atoms with Crippen LogP contribution in [0, 0.1) is 22.5 Å². The van der Waals surface area contributed by atoms with Crippen molar-refractivity contribution in [2.45, 2.75) is 44.6 Å². The Morgan fingerprint density at radius 1 is 1.42 bits per heavy atom. The molecule has 0 radical (unpaired) electrons. The van der Waals surface area contributed by atoms with Crippen LogP contribution in [0.2, 0.25) is 0 Å². The van der Waals surface area contributed by atoms with Gasteiger partial charge in [0.25, 0.3) is 5.69 Å². The van der Waals surface area contributed by atoms with Gasteiger partial charge in [-0.1, -0.05) is 13.8 Å². The molecule has 0 bridgehead atoms. The molecule has 1 aliphatic heterocycles. The molecule has 9 heteroatoms. The van der Waals surface area contributed by atoms with Gasteiger partial charge in [0.15, 0.2) is 0 Å². The van der Waals surface area contributed by atoms with Crippen LogP contribution in [-0.2, 0) is 10.0 Å². The number of piperidine rings is 1. The molecule has 1 heterocycles. The van der Waals surface area contributed by atoms with E-state index in [1.165, 1.54) is 18.2 Å². The third-order valence-corrected chi connectivity index (χ3v) is 6.05. The summed E-state index contributed by atoms with van der Waals surface area (Å²) < 4.78 is 27.6. The lowest BCUT2D eigenvalue weighted by Gasteiger charge is -2.39. The van der Waals surface area contributed by atoms with Gasteiger partial charge in [0.05, 0.1) is 9.82 Å². The highest BCUT2D eigenvalue weighted by atomic mass is 35.5. The summed E-state index contributed by atoms with van der Waals surface area (Å²) in [6.45, 7) is 6.98. The number of halogens is 1. The average Bonchev–Trinajstić information content (AvgIpc) is 2.45. The molecule has 1 aliphatic rings. The van der Waals surface area contributed by atoms with Crippen LogP contribution in [-0.4, -0.2) is 32.5 Å². The summed E-state index contributed by atoms with van der Waals surface area (Å²) in [4.78, 5) is 10.3. The highest BCUT2D eigenvalue weighted by molar-refractivity contribution is 7.89. The normalized spacial score (nSPS) is 20.2. The number of sulfonamides is 1. The Labute approximate surface area is 148 Å². The van der Waals surface area contributed by atoms with Crippen LogP contribution in [0.3, 0.4) is 0 Å². The third-order valence-electron chi connectivity index (χ3n) is 4.47. The number of rotatable bonds is 5. The number of nitrogens with one attached hydrogen (secondary N) is 2. The lowest BCUT2D eigenvalue weighted by Crippen LogP contribution is -2.52. The van der Waals surface area contributed by atoms with E-state index in [-0.39, 0.29) is 34.4 Å². The van der Waals surface area contributed by atoms with Crippen molar-refractivity contribution in [3.63, 3.8) is 0 Å². The second-order valence-electron chi connectivity index (χ2n) is 6.66. The molecule has 0 spiro atoms. The number of nitrogens with zero attached hydrogens (tertiary/aromatic N) is 1. The summed E-state index contributed by atoms with van der Waals surface area (Å²) in [6.07, 6.45) is 2.13. The molecule has 1 aromatic rings. The smallest absolute Gasteiger partial charge is 0.269 e. The van der Waals surface area contributed by atoms with Gasteiger partial charge in [0.2, 0.25) is 10.0 Å². The summed E-state index contributed by atoms with van der Waals surface area (Å²) in [6, 6.07) is 3.83. The maximum Gasteiger partial charge on any atom is 0.269 e. The van der Waals surface area contributed by atoms with Crippen molar-refractivity contribution in [3.8, 4) is 0 Å². The van der Waals surface area contributed by atoms with E-state index in [1.807, 2.05) is 0 Å². The van der Waals surface area contributed by atoms with Gasteiger partial charge in [0, 0.05) is 24.7 Å². The molecule has 136 valence electrons. The molecule has 1 unspecified atom stereocenters. The molecule has 1 saturated heterocycles. The van der Waals surface area contributed by atoms with Gasteiger partial charge in [-0.3, -0.25) is 10.1 Å². The number of benzene rings is 1. The van der Waals surface area contributed by atoms with Crippen LogP contribution >= 0.6 is 12.4 Å². The van der Waals surface area contributed by atoms with Crippen LogP contribution in [0.4, 0.5) is 5.69 Å². The molecule has 1 atom stereocenters. The number of hydrogen-bond donors (Lipinski definition) is 2. The van der Waals surface area contributed by atoms with E-state index in [2.05, 4.69) is 23.9 Å². The molecule has 24 heavy (non-hydrogen) atoms. The van der Waals surface area contributed by atoms with E-state index < -0.39 is 14.9 Å². The standard InChI is InChI=1S/C15H23N3O4S.ClH/c1-11-9-12(18(19)20)5-6-13(11)23(21,22)17-10-14-15(2,3)7-4-8-16-14;/h5-6,9,14,16-17H,4,7-8,10H2,1-3H3;1H. The average molecular weight is 378 g/mol. The van der Waals surface area contributed by atoms with E-state index >= 15 is 0 Å². The number of nitro groups is 1. The Morgan fingerprint density at radius 2 is 2.08 bits per heavy atom. The summed E-state index contributed by atoms with van der Waals surface area (Å²) in [5, 5.41) is 14.1.